The number of ether oxygens (including phenoxy) is 2. The number of nitrogen functional groups attached to an aromatic ring is 1. The van der Waals surface area contributed by atoms with Crippen LogP contribution in [0.15, 0.2) is 12.1 Å². The first kappa shape index (κ1) is 17.1. The van der Waals surface area contributed by atoms with Crippen molar-refractivity contribution in [2.45, 2.75) is 19.8 Å². The van der Waals surface area contributed by atoms with Gasteiger partial charge >= 0.3 is 0 Å². The van der Waals surface area contributed by atoms with Gasteiger partial charge in [-0.25, -0.2) is 0 Å². The lowest BCUT2D eigenvalue weighted by atomic mass is 10.1. The van der Waals surface area contributed by atoms with E-state index in [2.05, 4.69) is 5.32 Å². The van der Waals surface area contributed by atoms with Crippen LogP contribution in [0, 0.1) is 5.92 Å². The SMILES string of the molecule is COc1cc(OC)c(N)c(C(=O)NCCCC(C)CO)c1. The zero-order valence-corrected chi connectivity index (χ0v) is 12.8. The fourth-order valence-electron chi connectivity index (χ4n) is 1.91. The van der Waals surface area contributed by atoms with Crippen molar-refractivity contribution in [1.29, 1.82) is 0 Å². The number of benzene rings is 1. The minimum Gasteiger partial charge on any atom is -0.497 e. The average molecular weight is 296 g/mol. The Hall–Kier alpha value is -1.95. The number of aliphatic hydroxyl groups excluding tert-OH is 1. The van der Waals surface area contributed by atoms with E-state index < -0.39 is 0 Å². The molecule has 0 saturated carbocycles. The molecule has 0 saturated heterocycles. The quantitative estimate of drug-likeness (QED) is 0.498. The molecular formula is C15H24N2O4. The first-order valence-electron chi connectivity index (χ1n) is 6.94. The monoisotopic (exact) mass is 296 g/mol. The molecule has 0 aliphatic carbocycles. The Morgan fingerprint density at radius 2 is 2.10 bits per heavy atom. The number of nitrogens with two attached hydrogens (primary N) is 1. The second-order valence-electron chi connectivity index (χ2n) is 4.98. The smallest absolute Gasteiger partial charge is 0.253 e. The molecule has 0 fully saturated rings. The second-order valence-corrected chi connectivity index (χ2v) is 4.98. The number of methoxy groups -OCH3 is 2. The lowest BCUT2D eigenvalue weighted by molar-refractivity contribution is 0.0952. The fourth-order valence-corrected chi connectivity index (χ4v) is 1.91. The summed E-state index contributed by atoms with van der Waals surface area (Å²) in [7, 11) is 3.01. The van der Waals surface area contributed by atoms with Crippen molar-refractivity contribution in [3.8, 4) is 11.5 Å². The van der Waals surface area contributed by atoms with Gasteiger partial charge in [0.15, 0.2) is 0 Å². The van der Waals surface area contributed by atoms with Crippen molar-refractivity contribution in [3.63, 3.8) is 0 Å². The largest absolute Gasteiger partial charge is 0.497 e. The summed E-state index contributed by atoms with van der Waals surface area (Å²) < 4.78 is 10.3. The second kappa shape index (κ2) is 8.36. The van der Waals surface area contributed by atoms with Gasteiger partial charge in [0.25, 0.3) is 5.91 Å². The Morgan fingerprint density at radius 3 is 2.67 bits per heavy atom. The minimum absolute atomic E-state index is 0.161. The Morgan fingerprint density at radius 1 is 1.38 bits per heavy atom. The number of nitrogens with one attached hydrogen (secondary N) is 1. The van der Waals surface area contributed by atoms with Gasteiger partial charge in [0, 0.05) is 19.2 Å². The molecule has 0 radical (unpaired) electrons. The van der Waals surface area contributed by atoms with E-state index in [0.29, 0.717) is 29.3 Å². The van der Waals surface area contributed by atoms with Crippen LogP contribution in [0.1, 0.15) is 30.1 Å². The predicted octanol–water partition coefficient (Wildman–Crippen LogP) is 1.42. The van der Waals surface area contributed by atoms with Crippen LogP contribution in [-0.2, 0) is 0 Å². The van der Waals surface area contributed by atoms with Crippen molar-refractivity contribution in [3.05, 3.63) is 17.7 Å². The molecule has 1 unspecified atom stereocenters. The van der Waals surface area contributed by atoms with Gasteiger partial charge in [0.2, 0.25) is 0 Å². The molecule has 1 amide bonds. The summed E-state index contributed by atoms with van der Waals surface area (Å²) in [6.45, 7) is 2.66. The third-order valence-corrected chi connectivity index (χ3v) is 3.29. The van der Waals surface area contributed by atoms with Crippen molar-refractivity contribution < 1.29 is 19.4 Å². The van der Waals surface area contributed by atoms with Crippen LogP contribution in [0.3, 0.4) is 0 Å². The highest BCUT2D eigenvalue weighted by Gasteiger charge is 2.15. The summed E-state index contributed by atoms with van der Waals surface area (Å²) in [6.07, 6.45) is 1.65. The Kier molecular flexibility index (Phi) is 6.81. The highest BCUT2D eigenvalue weighted by molar-refractivity contribution is 6.00. The maximum atomic E-state index is 12.2. The lowest BCUT2D eigenvalue weighted by Crippen LogP contribution is -2.26. The highest BCUT2D eigenvalue weighted by Crippen LogP contribution is 2.30. The van der Waals surface area contributed by atoms with Crippen LogP contribution in [0.2, 0.25) is 0 Å². The van der Waals surface area contributed by atoms with Crippen LogP contribution in [0.25, 0.3) is 0 Å². The topological polar surface area (TPSA) is 93.8 Å². The molecule has 1 aromatic carbocycles. The average Bonchev–Trinajstić information content (AvgIpc) is 2.51. The number of hydrogen-bond acceptors (Lipinski definition) is 5. The molecule has 21 heavy (non-hydrogen) atoms. The number of rotatable bonds is 8. The zero-order valence-electron chi connectivity index (χ0n) is 12.8. The third kappa shape index (κ3) is 4.82. The molecule has 6 nitrogen and oxygen atoms in total. The fraction of sp³-hybridized carbons (Fsp3) is 0.533. The summed E-state index contributed by atoms with van der Waals surface area (Å²) in [5.41, 5.74) is 6.54. The van der Waals surface area contributed by atoms with Gasteiger partial charge < -0.3 is 25.6 Å². The van der Waals surface area contributed by atoms with E-state index in [9.17, 15) is 4.79 Å². The molecule has 0 aromatic heterocycles. The third-order valence-electron chi connectivity index (χ3n) is 3.29. The van der Waals surface area contributed by atoms with Crippen molar-refractivity contribution >= 4 is 11.6 Å². The molecule has 0 aliphatic rings. The van der Waals surface area contributed by atoms with Crippen LogP contribution in [-0.4, -0.2) is 38.4 Å². The van der Waals surface area contributed by atoms with E-state index in [1.54, 1.807) is 12.1 Å². The predicted molar refractivity (Wildman–Crippen MR) is 81.8 cm³/mol. The van der Waals surface area contributed by atoms with E-state index in [-0.39, 0.29) is 18.4 Å². The minimum atomic E-state index is -0.263. The number of anilines is 1. The van der Waals surface area contributed by atoms with Gasteiger partial charge in [-0.15, -0.1) is 0 Å². The Balaban J connectivity index is 2.69. The number of aliphatic hydroxyl groups is 1. The molecule has 1 rings (SSSR count). The highest BCUT2D eigenvalue weighted by atomic mass is 16.5. The van der Waals surface area contributed by atoms with Crippen molar-refractivity contribution in [2.24, 2.45) is 5.92 Å². The van der Waals surface area contributed by atoms with Gasteiger partial charge in [-0.3, -0.25) is 4.79 Å². The van der Waals surface area contributed by atoms with Crippen LogP contribution in [0.5, 0.6) is 11.5 Å². The van der Waals surface area contributed by atoms with Gasteiger partial charge in [0.1, 0.15) is 11.5 Å². The first-order chi connectivity index (χ1) is 10.0. The van der Waals surface area contributed by atoms with Crippen LogP contribution < -0.4 is 20.5 Å². The van der Waals surface area contributed by atoms with E-state index in [4.69, 9.17) is 20.3 Å². The summed E-state index contributed by atoms with van der Waals surface area (Å²) in [5.74, 6) is 0.902. The summed E-state index contributed by atoms with van der Waals surface area (Å²) in [4.78, 5) is 12.2. The number of hydrogen-bond donors (Lipinski definition) is 3. The van der Waals surface area contributed by atoms with Crippen LogP contribution >= 0.6 is 0 Å². The molecule has 0 heterocycles. The van der Waals surface area contributed by atoms with Gasteiger partial charge in [0.05, 0.1) is 25.5 Å². The van der Waals surface area contributed by atoms with Gasteiger partial charge in [-0.05, 0) is 24.8 Å². The molecule has 118 valence electrons. The molecule has 0 bridgehead atoms. The maximum Gasteiger partial charge on any atom is 0.253 e. The van der Waals surface area contributed by atoms with E-state index in [0.717, 1.165) is 12.8 Å². The molecule has 4 N–H and O–H groups in total. The standard InChI is InChI=1S/C15H24N2O4/c1-10(9-18)5-4-6-17-15(19)12-7-11(20-2)8-13(21-3)14(12)16/h7-8,10,18H,4-6,9,16H2,1-3H3,(H,17,19). The number of amides is 1. The maximum absolute atomic E-state index is 12.2. The molecule has 0 spiro atoms. The van der Waals surface area contributed by atoms with E-state index in [1.165, 1.54) is 14.2 Å². The number of carbonyl (C=O) groups is 1. The summed E-state index contributed by atoms with van der Waals surface area (Å²) in [5, 5.41) is 11.8. The molecule has 1 atom stereocenters. The number of carbonyl (C=O) groups excluding carboxylic acids is 1. The zero-order chi connectivity index (χ0) is 15.8. The van der Waals surface area contributed by atoms with Crippen LogP contribution in [0.4, 0.5) is 5.69 Å². The van der Waals surface area contributed by atoms with Gasteiger partial charge in [-0.2, -0.15) is 0 Å². The van der Waals surface area contributed by atoms with E-state index in [1.807, 2.05) is 6.92 Å². The summed E-state index contributed by atoms with van der Waals surface area (Å²) >= 11 is 0. The van der Waals surface area contributed by atoms with Crippen molar-refractivity contribution in [1.82, 2.24) is 5.32 Å². The van der Waals surface area contributed by atoms with E-state index >= 15 is 0 Å². The molecule has 1 aromatic rings. The summed E-state index contributed by atoms with van der Waals surface area (Å²) in [6, 6.07) is 3.22. The normalized spacial score (nSPS) is 11.8. The van der Waals surface area contributed by atoms with Gasteiger partial charge in [-0.1, -0.05) is 6.92 Å². The lowest BCUT2D eigenvalue weighted by Gasteiger charge is -2.13. The Labute approximate surface area is 125 Å². The van der Waals surface area contributed by atoms with Crippen molar-refractivity contribution in [2.75, 3.05) is 33.1 Å². The molecule has 0 aliphatic heterocycles. The first-order valence-corrected chi connectivity index (χ1v) is 6.94. The molecular weight excluding hydrogens is 272 g/mol. The molecule has 6 heteroatoms. The Bertz CT molecular complexity index is 477.